The predicted octanol–water partition coefficient (Wildman–Crippen LogP) is 2.06. The van der Waals surface area contributed by atoms with E-state index in [1.165, 1.54) is 7.11 Å². The molecule has 1 heterocycles. The van der Waals surface area contributed by atoms with Crippen LogP contribution in [0.25, 0.3) is 0 Å². The van der Waals surface area contributed by atoms with Crippen molar-refractivity contribution in [3.8, 4) is 0 Å². The van der Waals surface area contributed by atoms with Crippen molar-refractivity contribution in [3.05, 3.63) is 12.2 Å². The maximum atomic E-state index is 11.8. The van der Waals surface area contributed by atoms with Gasteiger partial charge in [-0.2, -0.15) is 0 Å². The SMILES string of the molecule is COC(=O)[C@@H](C)[C@@H]1CC[C@@]2(C)C=C[C@@H](O)[C@@]3(C)O[C@@]23C1. The second-order valence-corrected chi connectivity index (χ2v) is 7.07. The van der Waals surface area contributed by atoms with E-state index < -0.39 is 11.7 Å². The van der Waals surface area contributed by atoms with Gasteiger partial charge in [0.1, 0.15) is 17.3 Å². The minimum absolute atomic E-state index is 0.0344. The molecule has 1 N–H and O–H groups in total. The van der Waals surface area contributed by atoms with Crippen molar-refractivity contribution in [2.45, 2.75) is 57.3 Å². The van der Waals surface area contributed by atoms with Gasteiger partial charge < -0.3 is 14.6 Å². The highest BCUT2D eigenvalue weighted by molar-refractivity contribution is 5.72. The monoisotopic (exact) mass is 280 g/mol. The van der Waals surface area contributed by atoms with Crippen LogP contribution >= 0.6 is 0 Å². The highest BCUT2D eigenvalue weighted by atomic mass is 16.6. The summed E-state index contributed by atoms with van der Waals surface area (Å²) in [5.41, 5.74) is -0.850. The molecule has 0 unspecified atom stereocenters. The highest BCUT2D eigenvalue weighted by Gasteiger charge is 2.78. The molecule has 1 spiro atoms. The van der Waals surface area contributed by atoms with Gasteiger partial charge in [0, 0.05) is 5.41 Å². The summed E-state index contributed by atoms with van der Waals surface area (Å²) in [4.78, 5) is 11.8. The van der Waals surface area contributed by atoms with Gasteiger partial charge in [-0.15, -0.1) is 0 Å². The molecule has 20 heavy (non-hydrogen) atoms. The topological polar surface area (TPSA) is 59.1 Å². The van der Waals surface area contributed by atoms with Crippen molar-refractivity contribution in [2.24, 2.45) is 17.3 Å². The first-order valence-electron chi connectivity index (χ1n) is 7.45. The zero-order valence-corrected chi connectivity index (χ0v) is 12.7. The number of carbonyl (C=O) groups is 1. The van der Waals surface area contributed by atoms with Crippen LogP contribution in [0, 0.1) is 17.3 Å². The van der Waals surface area contributed by atoms with Gasteiger partial charge in [-0.1, -0.05) is 26.0 Å². The molecule has 2 fully saturated rings. The molecule has 0 radical (unpaired) electrons. The Morgan fingerprint density at radius 3 is 2.85 bits per heavy atom. The molecule has 0 aromatic rings. The van der Waals surface area contributed by atoms with Crippen molar-refractivity contribution >= 4 is 5.97 Å². The number of aliphatic hydroxyl groups is 1. The number of hydrogen-bond donors (Lipinski definition) is 1. The highest BCUT2D eigenvalue weighted by Crippen LogP contribution is 2.69. The van der Waals surface area contributed by atoms with Crippen molar-refractivity contribution in [1.82, 2.24) is 0 Å². The smallest absolute Gasteiger partial charge is 0.308 e. The lowest BCUT2D eigenvalue weighted by atomic mass is 9.55. The molecule has 1 aliphatic heterocycles. The van der Waals surface area contributed by atoms with E-state index in [-0.39, 0.29) is 28.8 Å². The zero-order valence-electron chi connectivity index (χ0n) is 12.7. The Balaban J connectivity index is 1.87. The van der Waals surface area contributed by atoms with Crippen LogP contribution in [0.3, 0.4) is 0 Å². The summed E-state index contributed by atoms with van der Waals surface area (Å²) in [5.74, 6) is -0.00395. The van der Waals surface area contributed by atoms with Gasteiger partial charge in [-0.3, -0.25) is 4.79 Å². The van der Waals surface area contributed by atoms with Crippen LogP contribution in [0.4, 0.5) is 0 Å². The quantitative estimate of drug-likeness (QED) is 0.478. The van der Waals surface area contributed by atoms with Gasteiger partial charge in [0.2, 0.25) is 0 Å². The maximum Gasteiger partial charge on any atom is 0.308 e. The molecule has 2 aliphatic carbocycles. The van der Waals surface area contributed by atoms with Crippen LogP contribution in [0.15, 0.2) is 12.2 Å². The molecule has 0 amide bonds. The minimum atomic E-state index is -0.553. The molecule has 3 rings (SSSR count). The molecule has 1 saturated heterocycles. The van der Waals surface area contributed by atoms with Gasteiger partial charge in [-0.05, 0) is 32.1 Å². The second kappa shape index (κ2) is 4.08. The number of ether oxygens (including phenoxy) is 2. The van der Waals surface area contributed by atoms with Crippen LogP contribution < -0.4 is 0 Å². The lowest BCUT2D eigenvalue weighted by molar-refractivity contribution is -0.148. The van der Waals surface area contributed by atoms with E-state index in [2.05, 4.69) is 13.0 Å². The van der Waals surface area contributed by atoms with Crippen LogP contribution in [-0.4, -0.2) is 35.5 Å². The minimum Gasteiger partial charge on any atom is -0.469 e. The molecule has 0 aromatic carbocycles. The molecule has 4 nitrogen and oxygen atoms in total. The third kappa shape index (κ3) is 1.52. The molecule has 112 valence electrons. The number of esters is 1. The van der Waals surface area contributed by atoms with Crippen molar-refractivity contribution in [2.75, 3.05) is 7.11 Å². The number of rotatable bonds is 2. The maximum absolute atomic E-state index is 11.8. The zero-order chi connectivity index (χ0) is 14.8. The molecule has 1 saturated carbocycles. The van der Waals surface area contributed by atoms with E-state index >= 15 is 0 Å². The summed E-state index contributed by atoms with van der Waals surface area (Å²) in [5, 5.41) is 10.2. The molecule has 6 atom stereocenters. The van der Waals surface area contributed by atoms with Gasteiger partial charge in [-0.25, -0.2) is 0 Å². The Labute approximate surface area is 120 Å². The summed E-state index contributed by atoms with van der Waals surface area (Å²) < 4.78 is 11.0. The average Bonchev–Trinajstić information content (AvgIpc) is 3.06. The van der Waals surface area contributed by atoms with E-state index in [9.17, 15) is 9.90 Å². The van der Waals surface area contributed by atoms with E-state index in [4.69, 9.17) is 9.47 Å². The second-order valence-electron chi connectivity index (χ2n) is 7.07. The first-order valence-corrected chi connectivity index (χ1v) is 7.45. The summed E-state index contributed by atoms with van der Waals surface area (Å²) in [7, 11) is 1.44. The summed E-state index contributed by atoms with van der Waals surface area (Å²) in [6, 6.07) is 0. The van der Waals surface area contributed by atoms with E-state index in [0.717, 1.165) is 19.3 Å². The fourth-order valence-electron chi connectivity index (χ4n) is 4.47. The normalized spacial score (nSPS) is 50.9. The Morgan fingerprint density at radius 1 is 1.50 bits per heavy atom. The number of hydrogen-bond acceptors (Lipinski definition) is 4. The third-order valence-electron chi connectivity index (χ3n) is 6.14. The van der Waals surface area contributed by atoms with Crippen molar-refractivity contribution < 1.29 is 19.4 Å². The van der Waals surface area contributed by atoms with Gasteiger partial charge in [0.05, 0.1) is 13.0 Å². The van der Waals surface area contributed by atoms with Crippen molar-refractivity contribution in [3.63, 3.8) is 0 Å². The number of epoxide rings is 1. The molecule has 0 bridgehead atoms. The lowest BCUT2D eigenvalue weighted by Crippen LogP contribution is -2.52. The van der Waals surface area contributed by atoms with Gasteiger partial charge >= 0.3 is 5.97 Å². The molecular formula is C16H24O4. The predicted molar refractivity (Wildman–Crippen MR) is 74.0 cm³/mol. The molecule has 4 heteroatoms. The van der Waals surface area contributed by atoms with E-state index in [1.54, 1.807) is 0 Å². The summed E-state index contributed by atoms with van der Waals surface area (Å²) in [6.45, 7) is 6.13. The Kier molecular flexibility index (Phi) is 2.87. The summed E-state index contributed by atoms with van der Waals surface area (Å²) in [6.07, 6.45) is 6.23. The Morgan fingerprint density at radius 2 is 2.20 bits per heavy atom. The average molecular weight is 280 g/mol. The van der Waals surface area contributed by atoms with Crippen LogP contribution in [-0.2, 0) is 14.3 Å². The first-order chi connectivity index (χ1) is 9.30. The van der Waals surface area contributed by atoms with Crippen LogP contribution in [0.2, 0.25) is 0 Å². The molecule has 3 aliphatic rings. The molecule has 0 aromatic heterocycles. The first kappa shape index (κ1) is 14.1. The Hall–Kier alpha value is -0.870. The van der Waals surface area contributed by atoms with Gasteiger partial charge in [0.25, 0.3) is 0 Å². The fraction of sp³-hybridized carbons (Fsp3) is 0.812. The largest absolute Gasteiger partial charge is 0.469 e. The van der Waals surface area contributed by atoms with E-state index in [1.807, 2.05) is 19.9 Å². The van der Waals surface area contributed by atoms with Crippen LogP contribution in [0.5, 0.6) is 0 Å². The van der Waals surface area contributed by atoms with Gasteiger partial charge in [0.15, 0.2) is 0 Å². The number of carbonyl (C=O) groups excluding carboxylic acids is 1. The standard InChI is InChI=1S/C16H24O4/c1-10(13(18)19-4)11-5-7-14(2)8-6-12(17)15(3)16(14,9-11)20-15/h6,8,10-12,17H,5,7,9H2,1-4H3/t10-,11+,12+,14-,15+,16-/m0/s1. The number of aliphatic hydroxyl groups excluding tert-OH is 1. The fourth-order valence-corrected chi connectivity index (χ4v) is 4.47. The van der Waals surface area contributed by atoms with Crippen LogP contribution in [0.1, 0.15) is 40.0 Å². The molecular weight excluding hydrogens is 256 g/mol. The Bertz CT molecular complexity index is 473. The third-order valence-corrected chi connectivity index (χ3v) is 6.14. The van der Waals surface area contributed by atoms with E-state index in [0.29, 0.717) is 0 Å². The summed E-state index contributed by atoms with van der Waals surface area (Å²) >= 11 is 0. The number of methoxy groups -OCH3 is 1. The van der Waals surface area contributed by atoms with Crippen molar-refractivity contribution in [1.29, 1.82) is 0 Å². The lowest BCUT2D eigenvalue weighted by Gasteiger charge is -2.46.